The molecule has 1 aromatic heterocycles. The van der Waals surface area contributed by atoms with Crippen molar-refractivity contribution in [3.8, 4) is 0 Å². The molecule has 0 radical (unpaired) electrons. The quantitative estimate of drug-likeness (QED) is 0.513. The number of hydrogen-bond acceptors (Lipinski definition) is 3. The molecule has 2 aromatic rings. The Labute approximate surface area is 166 Å². The number of furan rings is 1. The van der Waals surface area contributed by atoms with Crippen LogP contribution < -0.4 is 0 Å². The van der Waals surface area contributed by atoms with Crippen LogP contribution in [0.15, 0.2) is 46.6 Å². The molecule has 1 aromatic carbocycles. The molecular formula is C24H28FNO2. The summed E-state index contributed by atoms with van der Waals surface area (Å²) in [7, 11) is 4.12. The van der Waals surface area contributed by atoms with Crippen molar-refractivity contribution < 1.29 is 13.6 Å². The van der Waals surface area contributed by atoms with E-state index in [9.17, 15) is 9.18 Å². The minimum absolute atomic E-state index is 0.216. The predicted molar refractivity (Wildman–Crippen MR) is 112 cm³/mol. The van der Waals surface area contributed by atoms with E-state index >= 15 is 0 Å². The van der Waals surface area contributed by atoms with Gasteiger partial charge in [0, 0.05) is 12.8 Å². The number of carbonyl (C=O) groups excluding carboxylic acids is 1. The normalized spacial score (nSPS) is 15.0. The van der Waals surface area contributed by atoms with E-state index in [1.54, 1.807) is 18.4 Å². The van der Waals surface area contributed by atoms with Crippen molar-refractivity contribution in [1.82, 2.24) is 4.90 Å². The van der Waals surface area contributed by atoms with E-state index < -0.39 is 0 Å². The Morgan fingerprint density at radius 3 is 2.68 bits per heavy atom. The Kier molecular flexibility index (Phi) is 6.63. The molecule has 0 aliphatic heterocycles. The largest absolute Gasteiger partial charge is 0.465 e. The number of halogens is 1. The molecule has 0 saturated heterocycles. The van der Waals surface area contributed by atoms with Crippen molar-refractivity contribution >= 4 is 23.0 Å². The molecule has 28 heavy (non-hydrogen) atoms. The number of hydrogen-bond donors (Lipinski definition) is 0. The predicted octanol–water partition coefficient (Wildman–Crippen LogP) is 5.83. The van der Waals surface area contributed by atoms with E-state index in [4.69, 9.17) is 4.42 Å². The van der Waals surface area contributed by atoms with E-state index in [-0.39, 0.29) is 11.6 Å². The Hall–Kier alpha value is -2.46. The molecule has 0 N–H and O–H groups in total. The van der Waals surface area contributed by atoms with Gasteiger partial charge in [-0.25, -0.2) is 4.39 Å². The van der Waals surface area contributed by atoms with Crippen LogP contribution >= 0.6 is 0 Å². The average Bonchev–Trinajstić information content (AvgIpc) is 3.24. The molecule has 3 rings (SSSR count). The summed E-state index contributed by atoms with van der Waals surface area (Å²) in [6, 6.07) is 8.54. The number of Topliss-reactive ketones (excluding diaryl/α,β-unsaturated/α-hetero) is 1. The van der Waals surface area contributed by atoms with E-state index in [2.05, 4.69) is 19.0 Å². The lowest BCUT2D eigenvalue weighted by molar-refractivity contribution is -0.118. The van der Waals surface area contributed by atoms with Gasteiger partial charge in [0.25, 0.3) is 0 Å². The molecule has 0 unspecified atom stereocenters. The van der Waals surface area contributed by atoms with Crippen LogP contribution in [-0.4, -0.2) is 31.3 Å². The fourth-order valence-corrected chi connectivity index (χ4v) is 3.71. The lowest BCUT2D eigenvalue weighted by Crippen LogP contribution is -2.12. The van der Waals surface area contributed by atoms with Crippen LogP contribution in [0.3, 0.4) is 0 Å². The number of allylic oxidation sites excluding steroid dienone is 3. The molecule has 0 saturated carbocycles. The molecule has 148 valence electrons. The van der Waals surface area contributed by atoms with Crippen molar-refractivity contribution in [3.05, 3.63) is 64.9 Å². The average molecular weight is 381 g/mol. The first-order valence-electron chi connectivity index (χ1n) is 9.87. The van der Waals surface area contributed by atoms with Crippen LogP contribution in [0.1, 0.15) is 55.9 Å². The van der Waals surface area contributed by atoms with E-state index in [0.29, 0.717) is 12.8 Å². The molecule has 1 heterocycles. The van der Waals surface area contributed by atoms with Gasteiger partial charge in [-0.3, -0.25) is 4.79 Å². The molecule has 0 spiro atoms. The second-order valence-electron chi connectivity index (χ2n) is 7.70. The number of carbonyl (C=O) groups is 1. The van der Waals surface area contributed by atoms with Crippen molar-refractivity contribution in [1.29, 1.82) is 0 Å². The van der Waals surface area contributed by atoms with E-state index in [0.717, 1.165) is 59.4 Å². The Morgan fingerprint density at radius 1 is 1.14 bits per heavy atom. The third-order valence-electron chi connectivity index (χ3n) is 5.22. The third kappa shape index (κ3) is 4.87. The Balaban J connectivity index is 1.75. The third-order valence-corrected chi connectivity index (χ3v) is 5.22. The van der Waals surface area contributed by atoms with Gasteiger partial charge >= 0.3 is 0 Å². The second-order valence-corrected chi connectivity index (χ2v) is 7.70. The van der Waals surface area contributed by atoms with Gasteiger partial charge in [-0.05, 0) is 98.6 Å². The standard InChI is InChI=1S/C24H28FNO2/c1-17-22(15-19(27)8-5-4-6-12-26(2)3)24-14-18(25)10-11-21(24)23(17)16-20-9-7-13-28-20/h7,9-11,13-14,16H,4-6,8,12,15H2,1-3H3/b23-16-. The zero-order valence-corrected chi connectivity index (χ0v) is 16.9. The van der Waals surface area contributed by atoms with Gasteiger partial charge in [0.1, 0.15) is 17.4 Å². The van der Waals surface area contributed by atoms with Crippen LogP contribution in [0.25, 0.3) is 17.2 Å². The highest BCUT2D eigenvalue weighted by molar-refractivity contribution is 6.08. The summed E-state index contributed by atoms with van der Waals surface area (Å²) in [5.41, 5.74) is 4.75. The molecule has 0 amide bonds. The highest BCUT2D eigenvalue weighted by Gasteiger charge is 2.25. The van der Waals surface area contributed by atoms with Crippen molar-refractivity contribution in [3.63, 3.8) is 0 Å². The minimum Gasteiger partial charge on any atom is -0.465 e. The molecule has 0 fully saturated rings. The summed E-state index contributed by atoms with van der Waals surface area (Å²) in [5, 5.41) is 0. The Morgan fingerprint density at radius 2 is 1.96 bits per heavy atom. The van der Waals surface area contributed by atoms with Crippen molar-refractivity contribution in [2.24, 2.45) is 0 Å². The Bertz CT molecular complexity index is 891. The zero-order chi connectivity index (χ0) is 20.1. The molecular weight excluding hydrogens is 353 g/mol. The summed E-state index contributed by atoms with van der Waals surface area (Å²) < 4.78 is 19.4. The maximum atomic E-state index is 13.9. The summed E-state index contributed by atoms with van der Waals surface area (Å²) in [6.45, 7) is 3.05. The van der Waals surface area contributed by atoms with Gasteiger partial charge in [-0.15, -0.1) is 0 Å². The summed E-state index contributed by atoms with van der Waals surface area (Å²) in [6.07, 6.45) is 7.59. The number of ketones is 1. The topological polar surface area (TPSA) is 33.5 Å². The number of nitrogens with zero attached hydrogens (tertiary/aromatic N) is 1. The zero-order valence-electron chi connectivity index (χ0n) is 16.9. The second kappa shape index (κ2) is 9.16. The van der Waals surface area contributed by atoms with Crippen LogP contribution in [-0.2, 0) is 4.79 Å². The molecule has 1 aliphatic rings. The summed E-state index contributed by atoms with van der Waals surface area (Å²) in [5.74, 6) is 0.686. The first kappa shape index (κ1) is 20.3. The van der Waals surface area contributed by atoms with Gasteiger partial charge in [0.2, 0.25) is 0 Å². The fraction of sp³-hybridized carbons (Fsp3) is 0.375. The first-order chi connectivity index (χ1) is 13.5. The van der Waals surface area contributed by atoms with Gasteiger partial charge in [0.15, 0.2) is 0 Å². The highest BCUT2D eigenvalue weighted by atomic mass is 19.1. The first-order valence-corrected chi connectivity index (χ1v) is 9.87. The van der Waals surface area contributed by atoms with Crippen LogP contribution in [0.5, 0.6) is 0 Å². The molecule has 0 bridgehead atoms. The fourth-order valence-electron chi connectivity index (χ4n) is 3.71. The molecule has 4 heteroatoms. The van der Waals surface area contributed by atoms with Crippen LogP contribution in [0.4, 0.5) is 4.39 Å². The maximum Gasteiger partial charge on any atom is 0.137 e. The molecule has 0 atom stereocenters. The van der Waals surface area contributed by atoms with Crippen molar-refractivity contribution in [2.45, 2.75) is 39.0 Å². The molecule has 1 aliphatic carbocycles. The minimum atomic E-state index is -0.278. The van der Waals surface area contributed by atoms with Gasteiger partial charge < -0.3 is 9.32 Å². The van der Waals surface area contributed by atoms with Gasteiger partial charge in [-0.1, -0.05) is 12.5 Å². The number of fused-ring (bicyclic) bond motifs is 1. The number of unbranched alkanes of at least 4 members (excludes halogenated alkanes) is 2. The van der Waals surface area contributed by atoms with E-state index in [1.807, 2.05) is 25.1 Å². The van der Waals surface area contributed by atoms with E-state index in [1.165, 1.54) is 6.07 Å². The summed E-state index contributed by atoms with van der Waals surface area (Å²) >= 11 is 0. The highest BCUT2D eigenvalue weighted by Crippen LogP contribution is 2.44. The van der Waals surface area contributed by atoms with Gasteiger partial charge in [-0.2, -0.15) is 0 Å². The summed E-state index contributed by atoms with van der Waals surface area (Å²) in [4.78, 5) is 14.7. The van der Waals surface area contributed by atoms with Crippen LogP contribution in [0.2, 0.25) is 0 Å². The van der Waals surface area contributed by atoms with Crippen molar-refractivity contribution in [2.75, 3.05) is 20.6 Å². The number of rotatable bonds is 9. The number of benzene rings is 1. The lowest BCUT2D eigenvalue weighted by Gasteiger charge is -2.09. The van der Waals surface area contributed by atoms with Gasteiger partial charge in [0.05, 0.1) is 6.26 Å². The monoisotopic (exact) mass is 381 g/mol. The SMILES string of the molecule is CC1=C(CC(=O)CCCCCN(C)C)c2cc(F)ccc2/C1=C\c1ccco1. The molecule has 3 nitrogen and oxygen atoms in total. The van der Waals surface area contributed by atoms with Crippen LogP contribution in [0, 0.1) is 5.82 Å². The lowest BCUT2D eigenvalue weighted by atomic mass is 9.98. The maximum absolute atomic E-state index is 13.9. The smallest absolute Gasteiger partial charge is 0.137 e.